The molecule has 0 saturated heterocycles. The number of pyridine rings is 1. The largest absolute Gasteiger partial charge is 0.311 e. The third kappa shape index (κ3) is 4.24. The summed E-state index contributed by atoms with van der Waals surface area (Å²) >= 11 is 0. The Morgan fingerprint density at radius 3 is 2.03 bits per heavy atom. The van der Waals surface area contributed by atoms with Gasteiger partial charge in [0.2, 0.25) is 0 Å². The van der Waals surface area contributed by atoms with Gasteiger partial charge in [0.25, 0.3) is 0 Å². The van der Waals surface area contributed by atoms with Crippen LogP contribution in [-0.2, 0) is 0 Å². The fourth-order valence-corrected chi connectivity index (χ4v) is 5.47. The molecule has 0 N–H and O–H groups in total. The molecule has 1 aliphatic carbocycles. The predicted octanol–water partition coefficient (Wildman–Crippen LogP) is 9.38. The van der Waals surface area contributed by atoms with Crippen LogP contribution >= 0.6 is 0 Å². The van der Waals surface area contributed by atoms with Crippen LogP contribution < -0.4 is 4.90 Å². The monoisotopic (exact) mass is 501 g/mol. The minimum atomic E-state index is 0.908. The topological polar surface area (TPSA) is 21.1 Å². The maximum absolute atomic E-state index is 4.66. The van der Waals surface area contributed by atoms with Crippen LogP contribution in [0.25, 0.3) is 38.6 Å². The summed E-state index contributed by atoms with van der Waals surface area (Å²) in [5.41, 5.74) is 9.07. The number of para-hydroxylation sites is 3. The van der Waals surface area contributed by atoms with Gasteiger partial charge in [-0.1, -0.05) is 91.0 Å². The maximum Gasteiger partial charge on any atom is 0.0651 e. The molecular formula is C36H27N3. The second-order valence-electron chi connectivity index (χ2n) is 9.67. The van der Waals surface area contributed by atoms with E-state index in [0.717, 1.165) is 40.3 Å². The number of aromatic nitrogens is 2. The highest BCUT2D eigenvalue weighted by Crippen LogP contribution is 2.35. The molecule has 3 heteroatoms. The summed E-state index contributed by atoms with van der Waals surface area (Å²) in [7, 11) is 0. The van der Waals surface area contributed by atoms with E-state index in [1.54, 1.807) is 0 Å². The third-order valence-corrected chi connectivity index (χ3v) is 7.27. The van der Waals surface area contributed by atoms with Gasteiger partial charge in [-0.2, -0.15) is 0 Å². The van der Waals surface area contributed by atoms with E-state index in [9.17, 15) is 0 Å². The molecule has 0 atom stereocenters. The molecule has 0 saturated carbocycles. The van der Waals surface area contributed by atoms with Crippen LogP contribution in [0.3, 0.4) is 0 Å². The molecule has 7 rings (SSSR count). The van der Waals surface area contributed by atoms with Gasteiger partial charge in [-0.3, -0.25) is 4.98 Å². The second kappa shape index (κ2) is 9.96. The summed E-state index contributed by atoms with van der Waals surface area (Å²) < 4.78 is 2.31. The summed E-state index contributed by atoms with van der Waals surface area (Å²) in [6.07, 6.45) is 15.6. The molecule has 2 heterocycles. The highest BCUT2D eigenvalue weighted by atomic mass is 15.1. The first-order valence-corrected chi connectivity index (χ1v) is 13.3. The lowest BCUT2D eigenvalue weighted by atomic mass is 10.1. The van der Waals surface area contributed by atoms with Crippen molar-refractivity contribution in [3.63, 3.8) is 0 Å². The number of hydrogen-bond acceptors (Lipinski definition) is 2. The number of rotatable bonds is 5. The van der Waals surface area contributed by atoms with Crippen molar-refractivity contribution in [3.05, 3.63) is 158 Å². The molecule has 0 radical (unpaired) electrons. The van der Waals surface area contributed by atoms with Crippen molar-refractivity contribution in [2.75, 3.05) is 4.90 Å². The van der Waals surface area contributed by atoms with Crippen molar-refractivity contribution in [2.45, 2.75) is 6.42 Å². The molecule has 0 spiro atoms. The first kappa shape index (κ1) is 23.0. The van der Waals surface area contributed by atoms with Crippen LogP contribution in [-0.4, -0.2) is 9.55 Å². The van der Waals surface area contributed by atoms with Gasteiger partial charge in [0, 0.05) is 39.6 Å². The highest BCUT2D eigenvalue weighted by molar-refractivity contribution is 6.09. The van der Waals surface area contributed by atoms with Crippen molar-refractivity contribution in [1.82, 2.24) is 9.55 Å². The molecule has 1 aliphatic rings. The number of nitrogens with zero attached hydrogens (tertiary/aromatic N) is 3. The molecule has 3 nitrogen and oxygen atoms in total. The van der Waals surface area contributed by atoms with Crippen LogP contribution in [0.5, 0.6) is 0 Å². The molecule has 6 aromatic rings. The van der Waals surface area contributed by atoms with Crippen molar-refractivity contribution in [2.24, 2.45) is 0 Å². The van der Waals surface area contributed by atoms with E-state index in [0.29, 0.717) is 0 Å². The number of fused-ring (bicyclic) bond motifs is 3. The van der Waals surface area contributed by atoms with Gasteiger partial charge >= 0.3 is 0 Å². The lowest BCUT2D eigenvalue weighted by molar-refractivity contribution is 1.14. The van der Waals surface area contributed by atoms with Crippen LogP contribution in [0.4, 0.5) is 11.4 Å². The average molecular weight is 502 g/mol. The third-order valence-electron chi connectivity index (χ3n) is 7.27. The van der Waals surface area contributed by atoms with Crippen molar-refractivity contribution >= 4 is 33.2 Å². The standard InChI is InChI=1S/C36H27N3/c1-2-5-13-29(12-4-1)38(30-14-6-3-7-15-30)31-22-20-27(21-23-31)28-24-32(26-37-25-28)39-35-18-10-8-16-33(35)34-17-9-11-19-36(34)39/h1-4,6-26H,5H2. The van der Waals surface area contributed by atoms with Gasteiger partial charge in [-0.15, -0.1) is 0 Å². The van der Waals surface area contributed by atoms with Gasteiger partial charge in [0.1, 0.15) is 0 Å². The van der Waals surface area contributed by atoms with Crippen LogP contribution in [0.1, 0.15) is 6.42 Å². The fourth-order valence-electron chi connectivity index (χ4n) is 5.47. The Labute approximate surface area is 228 Å². The maximum atomic E-state index is 4.66. The van der Waals surface area contributed by atoms with Crippen LogP contribution in [0, 0.1) is 0 Å². The molecule has 4 aromatic carbocycles. The quantitative estimate of drug-likeness (QED) is 0.235. The first-order valence-electron chi connectivity index (χ1n) is 13.3. The van der Waals surface area contributed by atoms with Crippen molar-refractivity contribution in [1.29, 1.82) is 0 Å². The van der Waals surface area contributed by atoms with E-state index < -0.39 is 0 Å². The van der Waals surface area contributed by atoms with E-state index in [1.165, 1.54) is 21.8 Å². The van der Waals surface area contributed by atoms with Crippen molar-refractivity contribution in [3.8, 4) is 16.8 Å². The minimum Gasteiger partial charge on any atom is -0.311 e. The summed E-state index contributed by atoms with van der Waals surface area (Å²) in [4.78, 5) is 6.97. The van der Waals surface area contributed by atoms with E-state index in [1.807, 2.05) is 12.4 Å². The molecular weight excluding hydrogens is 474 g/mol. The zero-order valence-electron chi connectivity index (χ0n) is 21.5. The predicted molar refractivity (Wildman–Crippen MR) is 164 cm³/mol. The summed E-state index contributed by atoms with van der Waals surface area (Å²) in [6, 6.07) is 38.7. The SMILES string of the molecule is C1=CCC=C(N(c2ccccc2)c2ccc(-c3cncc(-n4c5ccccc5c5ccccc54)c3)cc2)C=C1. The lowest BCUT2D eigenvalue weighted by Crippen LogP contribution is -2.15. The summed E-state index contributed by atoms with van der Waals surface area (Å²) in [5, 5.41) is 2.50. The number of anilines is 2. The Bertz CT molecular complexity index is 1820. The average Bonchev–Trinajstić information content (AvgIpc) is 3.12. The lowest BCUT2D eigenvalue weighted by Gasteiger charge is -2.26. The first-order chi connectivity index (χ1) is 19.4. The molecule has 0 fully saturated rings. The van der Waals surface area contributed by atoms with Gasteiger partial charge in [-0.25, -0.2) is 0 Å². The number of benzene rings is 4. The molecule has 0 amide bonds. The fraction of sp³-hybridized carbons (Fsp3) is 0.0278. The molecule has 0 unspecified atom stereocenters. The van der Waals surface area contributed by atoms with E-state index >= 15 is 0 Å². The van der Waals surface area contributed by atoms with Crippen molar-refractivity contribution < 1.29 is 0 Å². The normalized spacial score (nSPS) is 13.0. The van der Waals surface area contributed by atoms with Gasteiger partial charge in [-0.05, 0) is 60.5 Å². The Hall–Kier alpha value is -5.15. The van der Waals surface area contributed by atoms with E-state index in [-0.39, 0.29) is 0 Å². The molecule has 2 aromatic heterocycles. The van der Waals surface area contributed by atoms with Gasteiger partial charge < -0.3 is 9.47 Å². The van der Waals surface area contributed by atoms with Gasteiger partial charge in [0.15, 0.2) is 0 Å². The summed E-state index contributed by atoms with van der Waals surface area (Å²) in [5.74, 6) is 0. The minimum absolute atomic E-state index is 0.908. The molecule has 0 aliphatic heterocycles. The Morgan fingerprint density at radius 2 is 1.28 bits per heavy atom. The highest BCUT2D eigenvalue weighted by Gasteiger charge is 2.15. The summed E-state index contributed by atoms with van der Waals surface area (Å²) in [6.45, 7) is 0. The Balaban J connectivity index is 1.29. The van der Waals surface area contributed by atoms with Crippen LogP contribution in [0.15, 0.2) is 158 Å². The molecule has 39 heavy (non-hydrogen) atoms. The number of allylic oxidation sites excluding steroid dienone is 5. The molecule has 0 bridgehead atoms. The smallest absolute Gasteiger partial charge is 0.0651 e. The zero-order valence-corrected chi connectivity index (χ0v) is 21.5. The molecule has 186 valence electrons. The second-order valence-corrected chi connectivity index (χ2v) is 9.67. The van der Waals surface area contributed by atoms with Crippen LogP contribution in [0.2, 0.25) is 0 Å². The zero-order chi connectivity index (χ0) is 26.0. The number of hydrogen-bond donors (Lipinski definition) is 0. The Morgan fingerprint density at radius 1 is 0.615 bits per heavy atom. The Kier molecular flexibility index (Phi) is 5.87. The van der Waals surface area contributed by atoms with Gasteiger partial charge in [0.05, 0.1) is 22.9 Å². The van der Waals surface area contributed by atoms with E-state index in [2.05, 4.69) is 154 Å². The van der Waals surface area contributed by atoms with E-state index in [4.69, 9.17) is 0 Å².